The molecule has 118 valence electrons. The molecule has 21 heavy (non-hydrogen) atoms. The Balaban J connectivity index is 1.85. The number of aryl methyl sites for hydroxylation is 1. The maximum atomic E-state index is 12.7. The van der Waals surface area contributed by atoms with Crippen LogP contribution in [0.25, 0.3) is 0 Å². The minimum atomic E-state index is -3.66. The lowest BCUT2D eigenvalue weighted by Gasteiger charge is -2.44. The van der Waals surface area contributed by atoms with Crippen molar-refractivity contribution >= 4 is 21.6 Å². The van der Waals surface area contributed by atoms with E-state index in [1.165, 1.54) is 15.2 Å². The first-order valence-corrected chi connectivity index (χ1v) is 8.72. The zero-order chi connectivity index (χ0) is 15.2. The molecular formula is C12H19ClN4O3S. The Bertz CT molecular complexity index is 632. The highest BCUT2D eigenvalue weighted by atomic mass is 35.5. The molecule has 2 atom stereocenters. The fourth-order valence-electron chi connectivity index (χ4n) is 2.92. The molecule has 0 radical (unpaired) electrons. The Morgan fingerprint density at radius 2 is 2.14 bits per heavy atom. The van der Waals surface area contributed by atoms with Crippen LogP contribution in [-0.4, -0.2) is 72.6 Å². The minimum Gasteiger partial charge on any atom is -0.375 e. The monoisotopic (exact) mass is 334 g/mol. The van der Waals surface area contributed by atoms with Crippen molar-refractivity contribution in [1.82, 2.24) is 18.8 Å². The molecule has 0 unspecified atom stereocenters. The van der Waals surface area contributed by atoms with Crippen LogP contribution in [0.3, 0.4) is 0 Å². The number of likely N-dealkylation sites (N-methyl/N-ethyl adjacent to an activating group) is 1. The lowest BCUT2D eigenvalue weighted by Crippen LogP contribution is -2.59. The molecular weight excluding hydrogens is 316 g/mol. The fraction of sp³-hybridized carbons (Fsp3) is 0.750. The van der Waals surface area contributed by atoms with E-state index in [2.05, 4.69) is 9.88 Å². The van der Waals surface area contributed by atoms with E-state index in [4.69, 9.17) is 16.3 Å². The molecule has 3 rings (SSSR count). The van der Waals surface area contributed by atoms with E-state index in [1.54, 1.807) is 7.05 Å². The third-order valence-electron chi connectivity index (χ3n) is 4.24. The molecule has 0 bridgehead atoms. The molecule has 0 spiro atoms. The normalized spacial score (nSPS) is 28.5. The number of aromatic nitrogens is 2. The number of ether oxygens (including phenoxy) is 1. The third kappa shape index (κ3) is 2.59. The standard InChI is InChI=1S/C12H19ClN4O3S/c1-15-5-6-20-10-3-4-17(7-9(10)15)21(18,19)12-11(13)16(2)8-14-12/h8-10H,3-7H2,1-2H3/t9-,10-/m0/s1. The molecule has 2 saturated heterocycles. The van der Waals surface area contributed by atoms with Gasteiger partial charge in [0.15, 0.2) is 0 Å². The van der Waals surface area contributed by atoms with Gasteiger partial charge in [-0.3, -0.25) is 4.90 Å². The topological polar surface area (TPSA) is 67.7 Å². The zero-order valence-electron chi connectivity index (χ0n) is 12.1. The smallest absolute Gasteiger partial charge is 0.263 e. The maximum absolute atomic E-state index is 12.7. The van der Waals surface area contributed by atoms with Gasteiger partial charge < -0.3 is 9.30 Å². The number of nitrogens with zero attached hydrogens (tertiary/aromatic N) is 4. The van der Waals surface area contributed by atoms with E-state index in [9.17, 15) is 8.42 Å². The summed E-state index contributed by atoms with van der Waals surface area (Å²) in [7, 11) is 0.0154. The van der Waals surface area contributed by atoms with Gasteiger partial charge in [-0.25, -0.2) is 13.4 Å². The quantitative estimate of drug-likeness (QED) is 0.771. The van der Waals surface area contributed by atoms with Crippen molar-refractivity contribution in [2.45, 2.75) is 23.6 Å². The molecule has 1 aromatic rings. The second-order valence-corrected chi connectivity index (χ2v) is 7.77. The first-order valence-electron chi connectivity index (χ1n) is 6.90. The molecule has 0 aliphatic carbocycles. The summed E-state index contributed by atoms with van der Waals surface area (Å²) >= 11 is 6.04. The van der Waals surface area contributed by atoms with Crippen LogP contribution in [0.2, 0.25) is 5.15 Å². The van der Waals surface area contributed by atoms with Crippen LogP contribution >= 0.6 is 11.6 Å². The van der Waals surface area contributed by atoms with Crippen molar-refractivity contribution in [3.05, 3.63) is 11.5 Å². The van der Waals surface area contributed by atoms with Gasteiger partial charge in [-0.05, 0) is 13.5 Å². The van der Waals surface area contributed by atoms with E-state index in [-0.39, 0.29) is 22.3 Å². The van der Waals surface area contributed by atoms with Gasteiger partial charge in [0, 0.05) is 32.7 Å². The maximum Gasteiger partial charge on any atom is 0.263 e. The molecule has 7 nitrogen and oxygen atoms in total. The molecule has 0 N–H and O–H groups in total. The average Bonchev–Trinajstić information content (AvgIpc) is 2.79. The summed E-state index contributed by atoms with van der Waals surface area (Å²) in [5.74, 6) is 0. The van der Waals surface area contributed by atoms with Crippen LogP contribution in [0.15, 0.2) is 11.4 Å². The minimum absolute atomic E-state index is 0.0653. The fourth-order valence-corrected chi connectivity index (χ4v) is 4.78. The van der Waals surface area contributed by atoms with Gasteiger partial charge in [0.05, 0.1) is 19.0 Å². The Morgan fingerprint density at radius 3 is 2.81 bits per heavy atom. The second kappa shape index (κ2) is 5.51. The number of rotatable bonds is 2. The Kier molecular flexibility index (Phi) is 4.00. The van der Waals surface area contributed by atoms with Crippen molar-refractivity contribution in [2.75, 3.05) is 33.3 Å². The number of piperidine rings is 1. The highest BCUT2D eigenvalue weighted by Crippen LogP contribution is 2.28. The molecule has 2 aliphatic heterocycles. The molecule has 0 amide bonds. The summed E-state index contributed by atoms with van der Waals surface area (Å²) in [5.41, 5.74) is 0. The second-order valence-electron chi connectivity index (χ2n) is 5.56. The van der Waals surface area contributed by atoms with Gasteiger partial charge in [0.25, 0.3) is 10.0 Å². The first-order chi connectivity index (χ1) is 9.91. The van der Waals surface area contributed by atoms with E-state index in [0.717, 1.165) is 6.54 Å². The Morgan fingerprint density at radius 1 is 1.38 bits per heavy atom. The average molecular weight is 335 g/mol. The summed E-state index contributed by atoms with van der Waals surface area (Å²) < 4.78 is 34.1. The molecule has 2 aliphatic rings. The summed E-state index contributed by atoms with van der Waals surface area (Å²) in [4.78, 5) is 6.10. The van der Waals surface area contributed by atoms with Gasteiger partial charge >= 0.3 is 0 Å². The molecule has 2 fully saturated rings. The number of sulfonamides is 1. The number of hydrogen-bond acceptors (Lipinski definition) is 5. The number of hydrogen-bond donors (Lipinski definition) is 0. The van der Waals surface area contributed by atoms with Crippen LogP contribution in [-0.2, 0) is 21.8 Å². The number of halogens is 1. The number of morpholine rings is 1. The largest absolute Gasteiger partial charge is 0.375 e. The zero-order valence-corrected chi connectivity index (χ0v) is 13.6. The summed E-state index contributed by atoms with van der Waals surface area (Å²) in [6.45, 7) is 2.37. The third-order valence-corrected chi connectivity index (χ3v) is 6.60. The van der Waals surface area contributed by atoms with E-state index in [0.29, 0.717) is 26.1 Å². The number of fused-ring (bicyclic) bond motifs is 1. The van der Waals surface area contributed by atoms with E-state index in [1.807, 2.05) is 7.05 Å². The lowest BCUT2D eigenvalue weighted by atomic mass is 10.0. The van der Waals surface area contributed by atoms with Crippen molar-refractivity contribution in [1.29, 1.82) is 0 Å². The van der Waals surface area contributed by atoms with Gasteiger partial charge in [0.2, 0.25) is 5.03 Å². The van der Waals surface area contributed by atoms with Crippen molar-refractivity contribution < 1.29 is 13.2 Å². The lowest BCUT2D eigenvalue weighted by molar-refractivity contribution is -0.0840. The van der Waals surface area contributed by atoms with Crippen LogP contribution in [0.4, 0.5) is 0 Å². The molecule has 9 heteroatoms. The Labute approximate surface area is 129 Å². The predicted molar refractivity (Wildman–Crippen MR) is 77.8 cm³/mol. The van der Waals surface area contributed by atoms with Gasteiger partial charge in [-0.2, -0.15) is 4.31 Å². The van der Waals surface area contributed by atoms with Crippen LogP contribution in [0.5, 0.6) is 0 Å². The van der Waals surface area contributed by atoms with Crippen LogP contribution in [0.1, 0.15) is 6.42 Å². The summed E-state index contributed by atoms with van der Waals surface area (Å²) in [6.07, 6.45) is 2.21. The molecule has 0 saturated carbocycles. The van der Waals surface area contributed by atoms with Crippen molar-refractivity contribution in [3.63, 3.8) is 0 Å². The van der Waals surface area contributed by atoms with E-state index >= 15 is 0 Å². The molecule has 0 aromatic carbocycles. The van der Waals surface area contributed by atoms with Gasteiger partial charge in [-0.15, -0.1) is 0 Å². The molecule has 1 aromatic heterocycles. The van der Waals surface area contributed by atoms with E-state index < -0.39 is 10.0 Å². The van der Waals surface area contributed by atoms with Crippen molar-refractivity contribution in [3.8, 4) is 0 Å². The van der Waals surface area contributed by atoms with Crippen LogP contribution < -0.4 is 0 Å². The summed E-state index contributed by atoms with van der Waals surface area (Å²) in [6, 6.07) is 0.0877. The summed E-state index contributed by atoms with van der Waals surface area (Å²) in [5, 5.41) is 0.0786. The number of imidazole rings is 1. The highest BCUT2D eigenvalue weighted by Gasteiger charge is 2.41. The predicted octanol–water partition coefficient (Wildman–Crippen LogP) is 0.167. The molecule has 3 heterocycles. The van der Waals surface area contributed by atoms with Crippen molar-refractivity contribution in [2.24, 2.45) is 7.05 Å². The van der Waals surface area contributed by atoms with Crippen LogP contribution in [0, 0.1) is 0 Å². The van der Waals surface area contributed by atoms with Gasteiger partial charge in [0.1, 0.15) is 5.15 Å². The highest BCUT2D eigenvalue weighted by molar-refractivity contribution is 7.89. The Hall–Kier alpha value is -0.670. The van der Waals surface area contributed by atoms with Gasteiger partial charge in [-0.1, -0.05) is 11.6 Å². The SMILES string of the molecule is CN1CCO[C@H]2CCN(S(=O)(=O)c3ncn(C)c3Cl)C[C@@H]21. The first kappa shape index (κ1) is 15.2.